The Labute approximate surface area is 163 Å². The molecule has 1 heterocycles. The van der Waals surface area contributed by atoms with Gasteiger partial charge in [0.15, 0.2) is 6.61 Å². The van der Waals surface area contributed by atoms with Crippen molar-refractivity contribution in [1.82, 2.24) is 10.2 Å². The van der Waals surface area contributed by atoms with Gasteiger partial charge < -0.3 is 9.15 Å². The molecule has 2 aromatic carbocycles. The van der Waals surface area contributed by atoms with Crippen molar-refractivity contribution in [1.29, 1.82) is 0 Å². The Hall–Kier alpha value is -2.46. The van der Waals surface area contributed by atoms with Gasteiger partial charge in [-0.15, -0.1) is 10.2 Å². The van der Waals surface area contributed by atoms with Crippen LogP contribution in [0.5, 0.6) is 0 Å². The number of rotatable bonds is 5. The number of sulfonamides is 1. The van der Waals surface area contributed by atoms with Crippen LogP contribution in [0.3, 0.4) is 0 Å². The van der Waals surface area contributed by atoms with Gasteiger partial charge in [-0.25, -0.2) is 18.4 Å². The van der Waals surface area contributed by atoms with Crippen LogP contribution in [-0.4, -0.2) is 24.6 Å². The molecule has 1 aromatic heterocycles. The number of esters is 1. The van der Waals surface area contributed by atoms with Gasteiger partial charge in [-0.3, -0.25) is 0 Å². The molecule has 0 amide bonds. The minimum atomic E-state index is -4.08. The number of primary sulfonamides is 1. The number of benzene rings is 2. The molecule has 0 fully saturated rings. The maximum Gasteiger partial charge on any atom is 0.338 e. The van der Waals surface area contributed by atoms with Crippen molar-refractivity contribution < 1.29 is 22.4 Å². The Morgan fingerprint density at radius 3 is 2.48 bits per heavy atom. The van der Waals surface area contributed by atoms with E-state index in [1.165, 1.54) is 12.1 Å². The summed E-state index contributed by atoms with van der Waals surface area (Å²) < 4.78 is 33.4. The van der Waals surface area contributed by atoms with Gasteiger partial charge >= 0.3 is 5.97 Å². The summed E-state index contributed by atoms with van der Waals surface area (Å²) >= 11 is 11.6. The second-order valence-electron chi connectivity index (χ2n) is 5.27. The number of halogens is 2. The molecule has 0 saturated carbocycles. The molecule has 0 aliphatic rings. The van der Waals surface area contributed by atoms with E-state index < -0.39 is 16.0 Å². The normalized spacial score (nSPS) is 11.4. The van der Waals surface area contributed by atoms with Crippen LogP contribution in [0, 0.1) is 0 Å². The molecule has 0 saturated heterocycles. The minimum Gasteiger partial charge on any atom is -0.452 e. The largest absolute Gasteiger partial charge is 0.452 e. The fraction of sp³-hybridized carbons (Fsp3) is 0.0625. The third kappa shape index (κ3) is 4.64. The van der Waals surface area contributed by atoms with E-state index >= 15 is 0 Å². The number of carbonyl (C=O) groups is 1. The highest BCUT2D eigenvalue weighted by Gasteiger charge is 2.18. The second-order valence-corrected chi connectivity index (χ2v) is 7.65. The quantitative estimate of drug-likeness (QED) is 0.619. The zero-order valence-electron chi connectivity index (χ0n) is 13.4. The van der Waals surface area contributed by atoms with Crippen molar-refractivity contribution in [2.24, 2.45) is 5.14 Å². The van der Waals surface area contributed by atoms with Gasteiger partial charge in [0, 0.05) is 10.6 Å². The Bertz CT molecular complexity index is 1100. The minimum absolute atomic E-state index is 0.0409. The van der Waals surface area contributed by atoms with Crippen molar-refractivity contribution in [3.05, 3.63) is 64.0 Å². The van der Waals surface area contributed by atoms with Gasteiger partial charge in [-0.2, -0.15) is 0 Å². The fourth-order valence-corrected chi connectivity index (χ4v) is 3.28. The Kier molecular flexibility index (Phi) is 5.47. The Morgan fingerprint density at radius 2 is 1.81 bits per heavy atom. The highest BCUT2D eigenvalue weighted by atomic mass is 35.5. The van der Waals surface area contributed by atoms with Crippen LogP contribution in [0.25, 0.3) is 11.5 Å². The number of hydrogen-bond acceptors (Lipinski definition) is 7. The van der Waals surface area contributed by atoms with Crippen LogP contribution in [-0.2, 0) is 21.4 Å². The Morgan fingerprint density at radius 1 is 1.11 bits per heavy atom. The number of ether oxygens (including phenoxy) is 1. The lowest BCUT2D eigenvalue weighted by Gasteiger charge is -2.05. The van der Waals surface area contributed by atoms with Gasteiger partial charge in [-0.1, -0.05) is 23.2 Å². The monoisotopic (exact) mass is 427 g/mol. The highest BCUT2D eigenvalue weighted by Crippen LogP contribution is 2.23. The number of carbonyl (C=O) groups excluding carboxylic acids is 1. The van der Waals surface area contributed by atoms with Crippen LogP contribution in [0.2, 0.25) is 10.0 Å². The Balaban J connectivity index is 1.71. The van der Waals surface area contributed by atoms with Crippen LogP contribution in [0.4, 0.5) is 0 Å². The van der Waals surface area contributed by atoms with Crippen molar-refractivity contribution >= 4 is 39.2 Å². The molecule has 0 aliphatic heterocycles. The summed E-state index contributed by atoms with van der Waals surface area (Å²) in [6.07, 6.45) is 0. The summed E-state index contributed by atoms with van der Waals surface area (Å²) in [5.74, 6) is -0.502. The zero-order chi connectivity index (χ0) is 19.6. The average Bonchev–Trinajstić information content (AvgIpc) is 3.08. The molecule has 3 aromatic rings. The first kappa shape index (κ1) is 19.3. The first-order valence-corrected chi connectivity index (χ1v) is 9.62. The zero-order valence-corrected chi connectivity index (χ0v) is 15.8. The third-order valence-corrected chi connectivity index (χ3v) is 5.00. The van der Waals surface area contributed by atoms with Crippen LogP contribution in [0.1, 0.15) is 16.2 Å². The average molecular weight is 428 g/mol. The smallest absolute Gasteiger partial charge is 0.338 e. The molecule has 140 valence electrons. The SMILES string of the molecule is NS(=O)(=O)c1cc(C(=O)OCc2nnc(-c3ccc(Cl)cc3)o2)ccc1Cl. The van der Waals surface area contributed by atoms with Crippen LogP contribution < -0.4 is 5.14 Å². The summed E-state index contributed by atoms with van der Waals surface area (Å²) in [6, 6.07) is 10.3. The summed E-state index contributed by atoms with van der Waals surface area (Å²) in [5.41, 5.74) is 0.612. The van der Waals surface area contributed by atoms with Crippen molar-refractivity contribution in [2.45, 2.75) is 11.5 Å². The number of nitrogens with zero attached hydrogens (tertiary/aromatic N) is 2. The van der Waals surface area contributed by atoms with Crippen LogP contribution in [0.15, 0.2) is 51.8 Å². The molecule has 0 bridgehead atoms. The van der Waals surface area contributed by atoms with Gasteiger partial charge in [-0.05, 0) is 42.5 Å². The second kappa shape index (κ2) is 7.65. The standard InChI is InChI=1S/C16H11Cl2N3O5S/c17-11-4-1-9(2-5-11)15-21-20-14(26-15)8-25-16(22)10-3-6-12(18)13(7-10)27(19,23)24/h1-7H,8H2,(H2,19,23,24). The van der Waals surface area contributed by atoms with Crippen LogP contribution >= 0.6 is 23.2 Å². The molecule has 27 heavy (non-hydrogen) atoms. The van der Waals surface area contributed by atoms with E-state index in [4.69, 9.17) is 37.5 Å². The van der Waals surface area contributed by atoms with E-state index in [0.717, 1.165) is 6.07 Å². The first-order chi connectivity index (χ1) is 12.7. The molecule has 11 heteroatoms. The van der Waals surface area contributed by atoms with Gasteiger partial charge in [0.25, 0.3) is 5.89 Å². The van der Waals surface area contributed by atoms with Crippen molar-refractivity contribution in [3.8, 4) is 11.5 Å². The van der Waals surface area contributed by atoms with E-state index in [0.29, 0.717) is 10.6 Å². The molecular weight excluding hydrogens is 417 g/mol. The third-order valence-electron chi connectivity index (χ3n) is 3.36. The summed E-state index contributed by atoms with van der Waals surface area (Å²) in [7, 11) is -4.08. The lowest BCUT2D eigenvalue weighted by molar-refractivity contribution is 0.0438. The van der Waals surface area contributed by atoms with E-state index in [9.17, 15) is 13.2 Å². The maximum atomic E-state index is 12.1. The molecule has 0 radical (unpaired) electrons. The topological polar surface area (TPSA) is 125 Å². The van der Waals surface area contributed by atoms with E-state index in [2.05, 4.69) is 10.2 Å². The van der Waals surface area contributed by atoms with Gasteiger partial charge in [0.2, 0.25) is 15.9 Å². The van der Waals surface area contributed by atoms with Crippen molar-refractivity contribution in [2.75, 3.05) is 0 Å². The number of hydrogen-bond donors (Lipinski definition) is 1. The number of aromatic nitrogens is 2. The maximum absolute atomic E-state index is 12.1. The molecule has 0 aliphatic carbocycles. The predicted molar refractivity (Wildman–Crippen MR) is 96.7 cm³/mol. The van der Waals surface area contributed by atoms with E-state index in [1.54, 1.807) is 24.3 Å². The predicted octanol–water partition coefficient (Wildman–Crippen LogP) is 3.05. The highest BCUT2D eigenvalue weighted by molar-refractivity contribution is 7.89. The molecule has 8 nitrogen and oxygen atoms in total. The summed E-state index contributed by atoms with van der Waals surface area (Å²) in [5, 5.41) is 13.2. The van der Waals surface area contributed by atoms with Crippen molar-refractivity contribution in [3.63, 3.8) is 0 Å². The van der Waals surface area contributed by atoms with E-state index in [-0.39, 0.29) is 33.9 Å². The fourth-order valence-electron chi connectivity index (χ4n) is 2.08. The molecule has 0 atom stereocenters. The lowest BCUT2D eigenvalue weighted by atomic mass is 10.2. The van der Waals surface area contributed by atoms with E-state index in [1.807, 2.05) is 0 Å². The molecule has 3 rings (SSSR count). The lowest BCUT2D eigenvalue weighted by Crippen LogP contribution is -2.14. The first-order valence-electron chi connectivity index (χ1n) is 7.32. The molecule has 0 spiro atoms. The number of nitrogens with two attached hydrogens (primary N) is 1. The molecular formula is C16H11Cl2N3O5S. The van der Waals surface area contributed by atoms with Gasteiger partial charge in [0.05, 0.1) is 10.6 Å². The summed E-state index contributed by atoms with van der Waals surface area (Å²) in [4.78, 5) is 11.7. The molecule has 2 N–H and O–H groups in total. The summed E-state index contributed by atoms with van der Waals surface area (Å²) in [6.45, 7) is -0.299. The van der Waals surface area contributed by atoms with Gasteiger partial charge in [0.1, 0.15) is 4.90 Å². The molecule has 0 unspecified atom stereocenters.